The van der Waals surface area contributed by atoms with Gasteiger partial charge in [0.25, 0.3) is 5.91 Å². The van der Waals surface area contributed by atoms with Crippen molar-refractivity contribution in [1.29, 1.82) is 0 Å². The Morgan fingerprint density at radius 1 is 1.03 bits per heavy atom. The van der Waals surface area contributed by atoms with E-state index >= 15 is 0 Å². The number of benzene rings is 2. The van der Waals surface area contributed by atoms with E-state index in [0.29, 0.717) is 35.6 Å². The summed E-state index contributed by atoms with van der Waals surface area (Å²) in [5.74, 6) is 1.78. The maximum absolute atomic E-state index is 12.8. The Labute approximate surface area is 186 Å². The van der Waals surface area contributed by atoms with Gasteiger partial charge in [0.05, 0.1) is 6.04 Å². The van der Waals surface area contributed by atoms with E-state index in [1.165, 1.54) is 0 Å². The maximum atomic E-state index is 12.8. The topological polar surface area (TPSA) is 71.7 Å². The number of halogens is 1. The molecule has 7 nitrogen and oxygen atoms in total. The van der Waals surface area contributed by atoms with E-state index < -0.39 is 6.10 Å². The number of hydrogen-bond donors (Lipinski definition) is 0. The molecule has 8 heteroatoms. The summed E-state index contributed by atoms with van der Waals surface area (Å²) in [6.45, 7) is 6.52. The molecule has 0 radical (unpaired) electrons. The zero-order valence-corrected chi connectivity index (χ0v) is 18.3. The monoisotopic (exact) mass is 440 g/mol. The Bertz CT molecular complexity index is 1000. The standard InChI is InChI=1S/C23H25ClN4O3/c1-16(22-25-21(26-31-22)18-6-4-3-5-7-18)27-12-14-28(15-13-27)23(29)17(2)30-20-10-8-19(24)9-11-20/h3-11,16-17H,12-15H2,1-2H3/t16-,17-/m1/s1. The molecule has 0 unspecified atom stereocenters. The fourth-order valence-electron chi connectivity index (χ4n) is 3.62. The summed E-state index contributed by atoms with van der Waals surface area (Å²) in [6, 6.07) is 16.8. The number of carbonyl (C=O) groups is 1. The highest BCUT2D eigenvalue weighted by atomic mass is 35.5. The molecular weight excluding hydrogens is 416 g/mol. The lowest BCUT2D eigenvalue weighted by atomic mass is 10.2. The number of hydrogen-bond acceptors (Lipinski definition) is 6. The van der Waals surface area contributed by atoms with Crippen molar-refractivity contribution >= 4 is 17.5 Å². The summed E-state index contributed by atoms with van der Waals surface area (Å²) in [4.78, 5) is 21.4. The highest BCUT2D eigenvalue weighted by Crippen LogP contribution is 2.24. The smallest absolute Gasteiger partial charge is 0.263 e. The van der Waals surface area contributed by atoms with Gasteiger partial charge in [0.2, 0.25) is 11.7 Å². The zero-order valence-electron chi connectivity index (χ0n) is 17.6. The lowest BCUT2D eigenvalue weighted by Crippen LogP contribution is -2.52. The molecule has 1 aliphatic heterocycles. The first-order valence-electron chi connectivity index (χ1n) is 10.4. The third-order valence-corrected chi connectivity index (χ3v) is 5.73. The molecule has 0 spiro atoms. The van der Waals surface area contributed by atoms with Gasteiger partial charge in [-0.1, -0.05) is 47.1 Å². The first kappa shape index (κ1) is 21.3. The van der Waals surface area contributed by atoms with Gasteiger partial charge in [-0.05, 0) is 38.1 Å². The van der Waals surface area contributed by atoms with Crippen molar-refractivity contribution < 1.29 is 14.1 Å². The Balaban J connectivity index is 1.31. The number of ether oxygens (including phenoxy) is 1. The van der Waals surface area contributed by atoms with E-state index in [9.17, 15) is 4.79 Å². The predicted molar refractivity (Wildman–Crippen MR) is 118 cm³/mol. The first-order valence-corrected chi connectivity index (χ1v) is 10.7. The summed E-state index contributed by atoms with van der Waals surface area (Å²) in [6.07, 6.45) is -0.561. The minimum absolute atomic E-state index is 0.0218. The van der Waals surface area contributed by atoms with E-state index in [-0.39, 0.29) is 11.9 Å². The number of carbonyl (C=O) groups excluding carboxylic acids is 1. The van der Waals surface area contributed by atoms with Gasteiger partial charge in [-0.2, -0.15) is 4.98 Å². The SMILES string of the molecule is C[C@H](c1nc(-c2ccccc2)no1)N1CCN(C(=O)[C@@H](C)Oc2ccc(Cl)cc2)CC1. The van der Waals surface area contributed by atoms with Crippen LogP contribution < -0.4 is 4.74 Å². The van der Waals surface area contributed by atoms with Crippen LogP contribution in [-0.4, -0.2) is 58.1 Å². The third-order valence-electron chi connectivity index (χ3n) is 5.48. The predicted octanol–water partition coefficient (Wildman–Crippen LogP) is 4.06. The number of amides is 1. The summed E-state index contributed by atoms with van der Waals surface area (Å²) in [5, 5.41) is 4.74. The van der Waals surface area contributed by atoms with Crippen LogP contribution in [0.1, 0.15) is 25.8 Å². The molecule has 31 heavy (non-hydrogen) atoms. The number of piperazine rings is 1. The largest absolute Gasteiger partial charge is 0.481 e. The summed E-state index contributed by atoms with van der Waals surface area (Å²) in [7, 11) is 0. The molecule has 0 aliphatic carbocycles. The fraction of sp³-hybridized carbons (Fsp3) is 0.348. The van der Waals surface area contributed by atoms with Crippen LogP contribution in [0.3, 0.4) is 0 Å². The molecule has 0 N–H and O–H groups in total. The van der Waals surface area contributed by atoms with Crippen LogP contribution in [0.5, 0.6) is 5.75 Å². The van der Waals surface area contributed by atoms with E-state index in [0.717, 1.165) is 18.7 Å². The van der Waals surface area contributed by atoms with Crippen LogP contribution in [0.2, 0.25) is 5.02 Å². The Morgan fingerprint density at radius 3 is 2.39 bits per heavy atom. The second-order valence-electron chi connectivity index (χ2n) is 7.57. The molecule has 162 valence electrons. The van der Waals surface area contributed by atoms with E-state index in [1.807, 2.05) is 42.2 Å². The van der Waals surface area contributed by atoms with Crippen molar-refractivity contribution in [3.05, 3.63) is 65.5 Å². The minimum Gasteiger partial charge on any atom is -0.481 e. The number of nitrogens with zero attached hydrogens (tertiary/aromatic N) is 4. The molecule has 1 fully saturated rings. The van der Waals surface area contributed by atoms with Crippen molar-refractivity contribution in [2.75, 3.05) is 26.2 Å². The molecule has 2 aromatic carbocycles. The van der Waals surface area contributed by atoms with Crippen molar-refractivity contribution in [2.45, 2.75) is 26.0 Å². The second kappa shape index (κ2) is 9.49. The number of rotatable bonds is 6. The minimum atomic E-state index is -0.561. The van der Waals surface area contributed by atoms with Gasteiger partial charge in [0, 0.05) is 36.8 Å². The molecule has 2 atom stereocenters. The van der Waals surface area contributed by atoms with Gasteiger partial charge in [-0.3, -0.25) is 9.69 Å². The van der Waals surface area contributed by atoms with Crippen LogP contribution in [0, 0.1) is 0 Å². The Hall–Kier alpha value is -2.90. The zero-order chi connectivity index (χ0) is 21.8. The van der Waals surface area contributed by atoms with E-state index in [1.54, 1.807) is 31.2 Å². The lowest BCUT2D eigenvalue weighted by Gasteiger charge is -2.37. The molecule has 1 saturated heterocycles. The summed E-state index contributed by atoms with van der Waals surface area (Å²) >= 11 is 5.90. The maximum Gasteiger partial charge on any atom is 0.263 e. The fourth-order valence-corrected chi connectivity index (χ4v) is 3.75. The average Bonchev–Trinajstić information content (AvgIpc) is 3.31. The normalized spacial score (nSPS) is 16.7. The molecule has 4 rings (SSSR count). The van der Waals surface area contributed by atoms with Crippen LogP contribution in [-0.2, 0) is 4.79 Å². The Morgan fingerprint density at radius 2 is 1.71 bits per heavy atom. The lowest BCUT2D eigenvalue weighted by molar-refractivity contribution is -0.140. The van der Waals surface area contributed by atoms with Crippen molar-refractivity contribution in [3.8, 4) is 17.1 Å². The molecule has 1 aliphatic rings. The van der Waals surface area contributed by atoms with Gasteiger partial charge in [-0.25, -0.2) is 0 Å². The van der Waals surface area contributed by atoms with Gasteiger partial charge in [0.15, 0.2) is 6.10 Å². The van der Waals surface area contributed by atoms with Gasteiger partial charge in [0.1, 0.15) is 5.75 Å². The summed E-state index contributed by atoms with van der Waals surface area (Å²) in [5.41, 5.74) is 0.926. The van der Waals surface area contributed by atoms with Crippen molar-refractivity contribution in [2.24, 2.45) is 0 Å². The van der Waals surface area contributed by atoms with Crippen LogP contribution in [0.25, 0.3) is 11.4 Å². The molecule has 1 amide bonds. The molecule has 2 heterocycles. The third kappa shape index (κ3) is 5.06. The van der Waals surface area contributed by atoms with E-state index in [2.05, 4.69) is 15.0 Å². The highest BCUT2D eigenvalue weighted by Gasteiger charge is 2.30. The average molecular weight is 441 g/mol. The van der Waals surface area contributed by atoms with Gasteiger partial charge < -0.3 is 14.2 Å². The van der Waals surface area contributed by atoms with Gasteiger partial charge in [-0.15, -0.1) is 0 Å². The highest BCUT2D eigenvalue weighted by molar-refractivity contribution is 6.30. The van der Waals surface area contributed by atoms with Gasteiger partial charge >= 0.3 is 0 Å². The molecule has 1 aromatic heterocycles. The van der Waals surface area contributed by atoms with Crippen LogP contribution >= 0.6 is 11.6 Å². The van der Waals surface area contributed by atoms with E-state index in [4.69, 9.17) is 20.9 Å². The molecule has 3 aromatic rings. The molecular formula is C23H25ClN4O3. The first-order chi connectivity index (χ1) is 15.0. The quantitative estimate of drug-likeness (QED) is 0.575. The molecule has 0 saturated carbocycles. The van der Waals surface area contributed by atoms with Crippen molar-refractivity contribution in [1.82, 2.24) is 19.9 Å². The number of aromatic nitrogens is 2. The van der Waals surface area contributed by atoms with Crippen LogP contribution in [0.15, 0.2) is 59.1 Å². The second-order valence-corrected chi connectivity index (χ2v) is 8.01. The molecule has 0 bridgehead atoms. The summed E-state index contributed by atoms with van der Waals surface area (Å²) < 4.78 is 11.3. The van der Waals surface area contributed by atoms with Crippen LogP contribution in [0.4, 0.5) is 0 Å². The Kier molecular flexibility index (Phi) is 6.53. The van der Waals surface area contributed by atoms with Crippen molar-refractivity contribution in [3.63, 3.8) is 0 Å².